The third-order valence-corrected chi connectivity index (χ3v) is 2.92. The van der Waals surface area contributed by atoms with Gasteiger partial charge in [0, 0.05) is 23.3 Å². The highest BCUT2D eigenvalue weighted by atomic mass is 35.5. The van der Waals surface area contributed by atoms with Crippen molar-refractivity contribution in [3.63, 3.8) is 0 Å². The van der Waals surface area contributed by atoms with Crippen LogP contribution in [0.1, 0.15) is 17.1 Å². The van der Waals surface area contributed by atoms with Gasteiger partial charge in [0.15, 0.2) is 0 Å². The molecule has 0 amide bonds. The van der Waals surface area contributed by atoms with Gasteiger partial charge in [-0.25, -0.2) is 9.37 Å². The summed E-state index contributed by atoms with van der Waals surface area (Å²) in [7, 11) is 0. The van der Waals surface area contributed by atoms with Crippen molar-refractivity contribution in [2.75, 3.05) is 0 Å². The minimum atomic E-state index is -0.273. The molecule has 0 aliphatic carbocycles. The second-order valence-electron chi connectivity index (χ2n) is 3.82. The zero-order valence-corrected chi connectivity index (χ0v) is 10.2. The molecule has 0 spiro atoms. The van der Waals surface area contributed by atoms with Gasteiger partial charge < -0.3 is 10.3 Å². The van der Waals surface area contributed by atoms with Gasteiger partial charge in [-0.15, -0.1) is 0 Å². The molecule has 1 heterocycles. The molecule has 17 heavy (non-hydrogen) atoms. The van der Waals surface area contributed by atoms with E-state index in [1.807, 2.05) is 11.5 Å². The van der Waals surface area contributed by atoms with E-state index in [0.29, 0.717) is 23.7 Å². The first kappa shape index (κ1) is 12.1. The third kappa shape index (κ3) is 2.48. The topological polar surface area (TPSA) is 43.8 Å². The van der Waals surface area contributed by atoms with Gasteiger partial charge in [0.05, 0.1) is 12.2 Å². The van der Waals surface area contributed by atoms with E-state index in [1.165, 1.54) is 12.1 Å². The molecule has 1 aromatic heterocycles. The van der Waals surface area contributed by atoms with Crippen LogP contribution in [-0.4, -0.2) is 9.55 Å². The lowest BCUT2D eigenvalue weighted by Gasteiger charge is -2.10. The standard InChI is InChI=1S/C12H13ClFN3/c1-8-16-6-11(5-15)17(8)7-9-4-10(13)2-3-12(9)14/h2-4,6H,5,7,15H2,1H3. The Bertz CT molecular complexity index is 537. The van der Waals surface area contributed by atoms with Gasteiger partial charge in [-0.3, -0.25) is 0 Å². The minimum Gasteiger partial charge on any atom is -0.326 e. The van der Waals surface area contributed by atoms with Gasteiger partial charge in [-0.05, 0) is 25.1 Å². The monoisotopic (exact) mass is 253 g/mol. The van der Waals surface area contributed by atoms with Crippen molar-refractivity contribution >= 4 is 11.6 Å². The lowest BCUT2D eigenvalue weighted by molar-refractivity contribution is 0.592. The molecular formula is C12H13ClFN3. The molecule has 0 atom stereocenters. The zero-order valence-electron chi connectivity index (χ0n) is 9.45. The molecule has 1 aromatic carbocycles. The van der Waals surface area contributed by atoms with Crippen LogP contribution in [0.4, 0.5) is 4.39 Å². The lowest BCUT2D eigenvalue weighted by Crippen LogP contribution is -2.10. The maximum absolute atomic E-state index is 13.6. The Morgan fingerprint density at radius 3 is 2.94 bits per heavy atom. The average Bonchev–Trinajstić information content (AvgIpc) is 2.65. The summed E-state index contributed by atoms with van der Waals surface area (Å²) in [6, 6.07) is 4.52. The van der Waals surface area contributed by atoms with Crippen molar-refractivity contribution in [2.24, 2.45) is 5.73 Å². The van der Waals surface area contributed by atoms with Crippen molar-refractivity contribution in [3.05, 3.63) is 52.3 Å². The molecule has 2 N–H and O–H groups in total. The molecule has 0 fully saturated rings. The molecule has 2 rings (SSSR count). The van der Waals surface area contributed by atoms with Crippen LogP contribution in [0.15, 0.2) is 24.4 Å². The highest BCUT2D eigenvalue weighted by Crippen LogP contribution is 2.17. The third-order valence-electron chi connectivity index (χ3n) is 2.68. The van der Waals surface area contributed by atoms with E-state index in [4.69, 9.17) is 17.3 Å². The Kier molecular flexibility index (Phi) is 3.45. The molecule has 3 nitrogen and oxygen atoms in total. The Morgan fingerprint density at radius 1 is 1.47 bits per heavy atom. The molecule has 0 saturated heterocycles. The summed E-state index contributed by atoms with van der Waals surface area (Å²) in [6.07, 6.45) is 1.71. The smallest absolute Gasteiger partial charge is 0.128 e. The lowest BCUT2D eigenvalue weighted by atomic mass is 10.2. The van der Waals surface area contributed by atoms with Crippen molar-refractivity contribution < 1.29 is 4.39 Å². The molecule has 0 aliphatic heterocycles. The maximum atomic E-state index is 13.6. The maximum Gasteiger partial charge on any atom is 0.128 e. The number of benzene rings is 1. The highest BCUT2D eigenvalue weighted by molar-refractivity contribution is 6.30. The summed E-state index contributed by atoms with van der Waals surface area (Å²) in [5, 5.41) is 0.522. The fourth-order valence-electron chi connectivity index (χ4n) is 1.73. The van der Waals surface area contributed by atoms with Crippen LogP contribution < -0.4 is 5.73 Å². The number of aryl methyl sites for hydroxylation is 1. The summed E-state index contributed by atoms with van der Waals surface area (Å²) >= 11 is 5.85. The van der Waals surface area contributed by atoms with E-state index in [2.05, 4.69) is 4.98 Å². The molecular weight excluding hydrogens is 241 g/mol. The van der Waals surface area contributed by atoms with Crippen molar-refractivity contribution in [2.45, 2.75) is 20.0 Å². The van der Waals surface area contributed by atoms with Crippen LogP contribution >= 0.6 is 11.6 Å². The fourth-order valence-corrected chi connectivity index (χ4v) is 1.92. The van der Waals surface area contributed by atoms with E-state index in [9.17, 15) is 4.39 Å². The number of nitrogens with zero attached hydrogens (tertiary/aromatic N) is 2. The van der Waals surface area contributed by atoms with Crippen LogP contribution in [0.3, 0.4) is 0 Å². The summed E-state index contributed by atoms with van der Waals surface area (Å²) in [6.45, 7) is 2.63. The first-order valence-electron chi connectivity index (χ1n) is 5.27. The number of aromatic nitrogens is 2. The number of halogens is 2. The molecule has 5 heteroatoms. The quantitative estimate of drug-likeness (QED) is 0.913. The van der Waals surface area contributed by atoms with Gasteiger partial charge in [-0.2, -0.15) is 0 Å². The molecule has 0 unspecified atom stereocenters. The van der Waals surface area contributed by atoms with Gasteiger partial charge in [-0.1, -0.05) is 11.6 Å². The Labute approximate surface area is 104 Å². The van der Waals surface area contributed by atoms with Crippen LogP contribution in [0, 0.1) is 12.7 Å². The number of hydrogen-bond donors (Lipinski definition) is 1. The number of hydrogen-bond acceptors (Lipinski definition) is 2. The Hall–Kier alpha value is -1.39. The van der Waals surface area contributed by atoms with Crippen LogP contribution in [0.25, 0.3) is 0 Å². The van der Waals surface area contributed by atoms with Gasteiger partial charge in [0.1, 0.15) is 11.6 Å². The largest absolute Gasteiger partial charge is 0.326 e. The Morgan fingerprint density at radius 2 is 2.24 bits per heavy atom. The average molecular weight is 254 g/mol. The normalized spacial score (nSPS) is 10.8. The number of nitrogens with two attached hydrogens (primary N) is 1. The summed E-state index contributed by atoms with van der Waals surface area (Å²) in [4.78, 5) is 4.16. The second kappa shape index (κ2) is 4.85. The molecule has 90 valence electrons. The van der Waals surface area contributed by atoms with E-state index < -0.39 is 0 Å². The van der Waals surface area contributed by atoms with Crippen LogP contribution in [0.5, 0.6) is 0 Å². The second-order valence-corrected chi connectivity index (χ2v) is 4.26. The van der Waals surface area contributed by atoms with Crippen molar-refractivity contribution in [3.8, 4) is 0 Å². The van der Waals surface area contributed by atoms with E-state index in [0.717, 1.165) is 11.5 Å². The van der Waals surface area contributed by atoms with Crippen LogP contribution in [-0.2, 0) is 13.1 Å². The Balaban J connectivity index is 2.37. The first-order valence-corrected chi connectivity index (χ1v) is 5.64. The zero-order chi connectivity index (χ0) is 12.4. The molecule has 0 saturated carbocycles. The molecule has 0 aliphatic rings. The van der Waals surface area contributed by atoms with E-state index in [-0.39, 0.29) is 5.82 Å². The van der Waals surface area contributed by atoms with E-state index in [1.54, 1.807) is 12.3 Å². The summed E-state index contributed by atoms with van der Waals surface area (Å²) in [5.41, 5.74) is 7.02. The fraction of sp³-hybridized carbons (Fsp3) is 0.250. The van der Waals surface area contributed by atoms with Gasteiger partial charge in [0.2, 0.25) is 0 Å². The predicted octanol–water partition coefficient (Wildman–Crippen LogP) is 2.49. The first-order chi connectivity index (χ1) is 8.11. The molecule has 0 radical (unpaired) electrons. The van der Waals surface area contributed by atoms with Gasteiger partial charge in [0.25, 0.3) is 0 Å². The summed E-state index contributed by atoms with van der Waals surface area (Å²) < 4.78 is 15.5. The number of rotatable bonds is 3. The van der Waals surface area contributed by atoms with Gasteiger partial charge >= 0.3 is 0 Å². The van der Waals surface area contributed by atoms with Crippen molar-refractivity contribution in [1.29, 1.82) is 0 Å². The minimum absolute atomic E-state index is 0.273. The van der Waals surface area contributed by atoms with Crippen LogP contribution in [0.2, 0.25) is 5.02 Å². The van der Waals surface area contributed by atoms with Crippen molar-refractivity contribution in [1.82, 2.24) is 9.55 Å². The highest BCUT2D eigenvalue weighted by Gasteiger charge is 2.09. The molecule has 0 bridgehead atoms. The summed E-state index contributed by atoms with van der Waals surface area (Å²) in [5.74, 6) is 0.537. The SMILES string of the molecule is Cc1ncc(CN)n1Cc1cc(Cl)ccc1F. The predicted molar refractivity (Wildman–Crippen MR) is 65.4 cm³/mol. The van der Waals surface area contributed by atoms with E-state index >= 15 is 0 Å². The molecule has 2 aromatic rings. The number of imidazole rings is 1.